The lowest BCUT2D eigenvalue weighted by Gasteiger charge is -2.13. The minimum absolute atomic E-state index is 0.495. The third-order valence-corrected chi connectivity index (χ3v) is 2.77. The van der Waals surface area contributed by atoms with Gasteiger partial charge in [0.1, 0.15) is 0 Å². The molecule has 14 heavy (non-hydrogen) atoms. The van der Waals surface area contributed by atoms with Crippen LogP contribution in [0, 0.1) is 0 Å². The van der Waals surface area contributed by atoms with Gasteiger partial charge in [-0.1, -0.05) is 27.7 Å². The van der Waals surface area contributed by atoms with Gasteiger partial charge in [0.2, 0.25) is 0 Å². The fourth-order valence-corrected chi connectivity index (χ4v) is 1.77. The summed E-state index contributed by atoms with van der Waals surface area (Å²) in [5.74, 6) is 1.83. The molecule has 0 saturated carbocycles. The molecule has 2 heteroatoms. The van der Waals surface area contributed by atoms with Gasteiger partial charge in [0, 0.05) is 17.6 Å². The monoisotopic (exact) mass is 209 g/mol. The molecule has 0 aliphatic carbocycles. The molecule has 0 amide bonds. The molecule has 0 aliphatic heterocycles. The first-order valence-corrected chi connectivity index (χ1v) is 5.79. The van der Waals surface area contributed by atoms with E-state index in [1.54, 1.807) is 0 Å². The molecule has 1 aromatic rings. The average Bonchev–Trinajstić information content (AvgIpc) is 2.16. The van der Waals surface area contributed by atoms with Crippen LogP contribution in [0.25, 0.3) is 0 Å². The van der Waals surface area contributed by atoms with Gasteiger partial charge in [-0.05, 0) is 29.0 Å². The largest absolute Gasteiger partial charge is 0.261 e. The summed E-state index contributed by atoms with van der Waals surface area (Å²) in [6, 6.07) is 2.19. The molecule has 0 bridgehead atoms. The van der Waals surface area contributed by atoms with Crippen LogP contribution in [-0.2, 0) is 5.75 Å². The Hall–Kier alpha value is -0.500. The van der Waals surface area contributed by atoms with Crippen molar-refractivity contribution in [2.45, 2.75) is 45.3 Å². The summed E-state index contributed by atoms with van der Waals surface area (Å²) >= 11 is 4.36. The van der Waals surface area contributed by atoms with Crippen molar-refractivity contribution in [3.8, 4) is 0 Å². The van der Waals surface area contributed by atoms with E-state index in [1.807, 2.05) is 6.20 Å². The molecule has 0 N–H and O–H groups in total. The van der Waals surface area contributed by atoms with Crippen molar-refractivity contribution >= 4 is 12.6 Å². The Labute approximate surface area is 92.4 Å². The minimum Gasteiger partial charge on any atom is -0.261 e. The Morgan fingerprint density at radius 3 is 2.29 bits per heavy atom. The zero-order valence-electron chi connectivity index (χ0n) is 9.41. The van der Waals surface area contributed by atoms with Crippen LogP contribution in [0.1, 0.15) is 56.4 Å². The first-order chi connectivity index (χ1) is 6.56. The maximum Gasteiger partial charge on any atom is 0.0432 e. The number of thiol groups is 1. The van der Waals surface area contributed by atoms with Crippen molar-refractivity contribution < 1.29 is 0 Å². The molecule has 0 unspecified atom stereocenters. The first kappa shape index (κ1) is 11.6. The molecule has 1 heterocycles. The van der Waals surface area contributed by atoms with Crippen LogP contribution in [0.15, 0.2) is 12.3 Å². The molecule has 0 saturated heterocycles. The van der Waals surface area contributed by atoms with Crippen molar-refractivity contribution in [2.75, 3.05) is 0 Å². The smallest absolute Gasteiger partial charge is 0.0432 e. The summed E-state index contributed by atoms with van der Waals surface area (Å²) in [5.41, 5.74) is 3.81. The van der Waals surface area contributed by atoms with Crippen LogP contribution >= 0.6 is 12.6 Å². The molecular formula is C12H19NS. The standard InChI is InChI=1S/C12H19NS/c1-8(2)11-6-13-12(9(3)4)5-10(11)7-14/h5-6,8-9,14H,7H2,1-4H3. The first-order valence-electron chi connectivity index (χ1n) is 5.15. The molecule has 0 spiro atoms. The Morgan fingerprint density at radius 2 is 1.86 bits per heavy atom. The summed E-state index contributed by atoms with van der Waals surface area (Å²) in [4.78, 5) is 4.47. The van der Waals surface area contributed by atoms with Crippen LogP contribution in [0.3, 0.4) is 0 Å². The molecule has 1 rings (SSSR count). The third-order valence-electron chi connectivity index (χ3n) is 2.43. The number of pyridine rings is 1. The average molecular weight is 209 g/mol. The van der Waals surface area contributed by atoms with Crippen LogP contribution in [0.2, 0.25) is 0 Å². The Morgan fingerprint density at radius 1 is 1.21 bits per heavy atom. The lowest BCUT2D eigenvalue weighted by Crippen LogP contribution is -2.00. The van der Waals surface area contributed by atoms with Crippen LogP contribution in [0.5, 0.6) is 0 Å². The van der Waals surface area contributed by atoms with Crippen LogP contribution in [0.4, 0.5) is 0 Å². The highest BCUT2D eigenvalue weighted by Crippen LogP contribution is 2.23. The van der Waals surface area contributed by atoms with E-state index in [2.05, 4.69) is 51.4 Å². The maximum absolute atomic E-state index is 4.47. The van der Waals surface area contributed by atoms with Gasteiger partial charge in [0.25, 0.3) is 0 Å². The van der Waals surface area contributed by atoms with E-state index in [0.29, 0.717) is 11.8 Å². The molecule has 0 atom stereocenters. The van der Waals surface area contributed by atoms with Gasteiger partial charge in [-0.3, -0.25) is 4.98 Å². The lowest BCUT2D eigenvalue weighted by molar-refractivity contribution is 0.794. The molecule has 78 valence electrons. The third kappa shape index (κ3) is 2.50. The van der Waals surface area contributed by atoms with E-state index < -0.39 is 0 Å². The van der Waals surface area contributed by atoms with E-state index in [1.165, 1.54) is 16.8 Å². The van der Waals surface area contributed by atoms with E-state index in [9.17, 15) is 0 Å². The minimum atomic E-state index is 0.495. The quantitative estimate of drug-likeness (QED) is 0.748. The van der Waals surface area contributed by atoms with Crippen molar-refractivity contribution in [3.63, 3.8) is 0 Å². The Balaban J connectivity index is 3.11. The van der Waals surface area contributed by atoms with Crippen LogP contribution < -0.4 is 0 Å². The number of hydrogen-bond acceptors (Lipinski definition) is 2. The van der Waals surface area contributed by atoms with Gasteiger partial charge in [-0.25, -0.2) is 0 Å². The van der Waals surface area contributed by atoms with Crippen molar-refractivity contribution in [1.82, 2.24) is 4.98 Å². The second kappa shape index (κ2) is 4.83. The molecule has 0 radical (unpaired) electrons. The van der Waals surface area contributed by atoms with Crippen molar-refractivity contribution in [2.24, 2.45) is 0 Å². The van der Waals surface area contributed by atoms with E-state index in [0.717, 1.165) is 5.75 Å². The SMILES string of the molecule is CC(C)c1cc(CS)c(C(C)C)cn1. The molecule has 0 aliphatic rings. The summed E-state index contributed by atoms with van der Waals surface area (Å²) in [6.45, 7) is 8.72. The number of aromatic nitrogens is 1. The molecular weight excluding hydrogens is 190 g/mol. The van der Waals surface area contributed by atoms with E-state index in [4.69, 9.17) is 0 Å². The highest BCUT2D eigenvalue weighted by Gasteiger charge is 2.09. The zero-order chi connectivity index (χ0) is 10.7. The van der Waals surface area contributed by atoms with Crippen molar-refractivity contribution in [1.29, 1.82) is 0 Å². The van der Waals surface area contributed by atoms with E-state index in [-0.39, 0.29) is 0 Å². The molecule has 1 nitrogen and oxygen atoms in total. The second-order valence-electron chi connectivity index (χ2n) is 4.28. The maximum atomic E-state index is 4.47. The molecule has 1 aromatic heterocycles. The Kier molecular flexibility index (Phi) is 3.99. The number of rotatable bonds is 3. The summed E-state index contributed by atoms with van der Waals surface area (Å²) in [6.07, 6.45) is 2.01. The van der Waals surface area contributed by atoms with Gasteiger partial charge in [0.15, 0.2) is 0 Å². The van der Waals surface area contributed by atoms with Gasteiger partial charge >= 0.3 is 0 Å². The lowest BCUT2D eigenvalue weighted by atomic mass is 9.98. The predicted molar refractivity (Wildman–Crippen MR) is 65.1 cm³/mol. The van der Waals surface area contributed by atoms with Gasteiger partial charge in [-0.2, -0.15) is 12.6 Å². The topological polar surface area (TPSA) is 12.9 Å². The van der Waals surface area contributed by atoms with E-state index >= 15 is 0 Å². The molecule has 0 fully saturated rings. The number of hydrogen-bond donors (Lipinski definition) is 1. The Bertz CT molecular complexity index is 305. The van der Waals surface area contributed by atoms with Gasteiger partial charge in [-0.15, -0.1) is 0 Å². The zero-order valence-corrected chi connectivity index (χ0v) is 10.3. The van der Waals surface area contributed by atoms with Gasteiger partial charge in [0.05, 0.1) is 0 Å². The fraction of sp³-hybridized carbons (Fsp3) is 0.583. The number of nitrogens with zero attached hydrogens (tertiary/aromatic N) is 1. The summed E-state index contributed by atoms with van der Waals surface area (Å²) < 4.78 is 0. The fourth-order valence-electron chi connectivity index (χ4n) is 1.50. The highest BCUT2D eigenvalue weighted by atomic mass is 32.1. The predicted octanol–water partition coefficient (Wildman–Crippen LogP) is 3.76. The van der Waals surface area contributed by atoms with Crippen LogP contribution in [-0.4, -0.2) is 4.98 Å². The summed E-state index contributed by atoms with van der Waals surface area (Å²) in [7, 11) is 0. The molecule has 0 aromatic carbocycles. The van der Waals surface area contributed by atoms with Crippen molar-refractivity contribution in [3.05, 3.63) is 29.1 Å². The normalized spacial score (nSPS) is 11.4. The van der Waals surface area contributed by atoms with Gasteiger partial charge < -0.3 is 0 Å². The highest BCUT2D eigenvalue weighted by molar-refractivity contribution is 7.79. The second-order valence-corrected chi connectivity index (χ2v) is 4.59. The summed E-state index contributed by atoms with van der Waals surface area (Å²) in [5, 5.41) is 0.